The summed E-state index contributed by atoms with van der Waals surface area (Å²) in [5.74, 6) is -0.279. The zero-order chi connectivity index (χ0) is 14.1. The van der Waals surface area contributed by atoms with Crippen molar-refractivity contribution in [3.63, 3.8) is 0 Å². The Balaban J connectivity index is 2.38. The van der Waals surface area contributed by atoms with E-state index in [9.17, 15) is 9.18 Å². The summed E-state index contributed by atoms with van der Waals surface area (Å²) in [5, 5.41) is 1.83. The Morgan fingerprint density at radius 2 is 1.65 bits per heavy atom. The van der Waals surface area contributed by atoms with Crippen LogP contribution in [0.25, 0.3) is 21.9 Å². The van der Waals surface area contributed by atoms with Gasteiger partial charge in [-0.2, -0.15) is 0 Å². The zero-order valence-corrected chi connectivity index (χ0v) is 11.2. The quantitative estimate of drug-likeness (QED) is 0.598. The van der Waals surface area contributed by atoms with E-state index >= 15 is 0 Å². The zero-order valence-electron chi connectivity index (χ0n) is 10.4. The SMILES string of the molecule is O=Cc1ccc(Cl)cc1-c1ccc(F)c2ccccc12. The van der Waals surface area contributed by atoms with Crippen molar-refractivity contribution < 1.29 is 9.18 Å². The number of hydrogen-bond donors (Lipinski definition) is 0. The van der Waals surface area contributed by atoms with Gasteiger partial charge in [0.05, 0.1) is 0 Å². The number of hydrogen-bond acceptors (Lipinski definition) is 1. The van der Waals surface area contributed by atoms with Crippen LogP contribution >= 0.6 is 11.6 Å². The number of fused-ring (bicyclic) bond motifs is 1. The van der Waals surface area contributed by atoms with Gasteiger partial charge in [-0.25, -0.2) is 4.39 Å². The molecule has 0 saturated carbocycles. The van der Waals surface area contributed by atoms with Crippen LogP contribution in [-0.2, 0) is 0 Å². The first-order valence-corrected chi connectivity index (χ1v) is 6.51. The number of benzene rings is 3. The van der Waals surface area contributed by atoms with Crippen molar-refractivity contribution in [1.29, 1.82) is 0 Å². The third-order valence-electron chi connectivity index (χ3n) is 3.30. The number of rotatable bonds is 2. The molecule has 0 radical (unpaired) electrons. The van der Waals surface area contributed by atoms with Gasteiger partial charge in [0.1, 0.15) is 5.82 Å². The minimum absolute atomic E-state index is 0.279. The lowest BCUT2D eigenvalue weighted by Crippen LogP contribution is -1.90. The lowest BCUT2D eigenvalue weighted by molar-refractivity contribution is 0.112. The molecule has 3 rings (SSSR count). The molecule has 20 heavy (non-hydrogen) atoms. The normalized spacial score (nSPS) is 10.7. The molecule has 0 N–H and O–H groups in total. The molecule has 0 aromatic heterocycles. The van der Waals surface area contributed by atoms with Crippen LogP contribution in [0.5, 0.6) is 0 Å². The second kappa shape index (κ2) is 5.06. The maximum absolute atomic E-state index is 13.8. The van der Waals surface area contributed by atoms with Crippen molar-refractivity contribution in [3.05, 3.63) is 71.0 Å². The van der Waals surface area contributed by atoms with E-state index in [0.29, 0.717) is 21.5 Å². The van der Waals surface area contributed by atoms with E-state index in [1.54, 1.807) is 36.4 Å². The fourth-order valence-electron chi connectivity index (χ4n) is 2.36. The van der Waals surface area contributed by atoms with E-state index < -0.39 is 0 Å². The van der Waals surface area contributed by atoms with Gasteiger partial charge in [0.15, 0.2) is 6.29 Å². The van der Waals surface area contributed by atoms with Crippen molar-refractivity contribution in [2.45, 2.75) is 0 Å². The van der Waals surface area contributed by atoms with Crippen LogP contribution in [0.15, 0.2) is 54.6 Å². The van der Waals surface area contributed by atoms with E-state index in [4.69, 9.17) is 11.6 Å². The molecule has 0 amide bonds. The second-order valence-corrected chi connectivity index (χ2v) is 4.93. The maximum Gasteiger partial charge on any atom is 0.150 e. The molecule has 0 aliphatic carbocycles. The lowest BCUT2D eigenvalue weighted by atomic mass is 9.95. The van der Waals surface area contributed by atoms with Gasteiger partial charge in [0.2, 0.25) is 0 Å². The second-order valence-electron chi connectivity index (χ2n) is 4.49. The Morgan fingerprint density at radius 1 is 0.900 bits per heavy atom. The van der Waals surface area contributed by atoms with Gasteiger partial charge in [-0.15, -0.1) is 0 Å². The molecule has 0 unspecified atom stereocenters. The van der Waals surface area contributed by atoms with E-state index in [1.165, 1.54) is 6.07 Å². The van der Waals surface area contributed by atoms with Crippen LogP contribution in [-0.4, -0.2) is 6.29 Å². The molecular formula is C17H10ClFO. The van der Waals surface area contributed by atoms with Crippen molar-refractivity contribution in [2.24, 2.45) is 0 Å². The Kier molecular flexibility index (Phi) is 3.25. The number of carbonyl (C=O) groups excluding carboxylic acids is 1. The predicted molar refractivity (Wildman–Crippen MR) is 79.7 cm³/mol. The summed E-state index contributed by atoms with van der Waals surface area (Å²) in [6, 6.07) is 15.3. The fourth-order valence-corrected chi connectivity index (χ4v) is 2.53. The highest BCUT2D eigenvalue weighted by molar-refractivity contribution is 6.31. The number of aldehydes is 1. The van der Waals surface area contributed by atoms with Gasteiger partial charge in [-0.1, -0.05) is 41.9 Å². The van der Waals surface area contributed by atoms with Crippen molar-refractivity contribution in [2.75, 3.05) is 0 Å². The van der Waals surface area contributed by atoms with Crippen LogP contribution in [0.4, 0.5) is 4.39 Å². The van der Waals surface area contributed by atoms with Gasteiger partial charge < -0.3 is 0 Å². The molecule has 98 valence electrons. The highest BCUT2D eigenvalue weighted by Gasteiger charge is 2.11. The summed E-state index contributed by atoms with van der Waals surface area (Å²) in [6.07, 6.45) is 0.782. The van der Waals surface area contributed by atoms with Crippen molar-refractivity contribution in [3.8, 4) is 11.1 Å². The standard InChI is InChI=1S/C17H10ClFO/c18-12-6-5-11(10-20)16(9-12)14-7-8-17(19)15-4-2-1-3-13(14)15/h1-10H. The maximum atomic E-state index is 13.8. The first-order chi connectivity index (χ1) is 9.70. The molecule has 0 heterocycles. The summed E-state index contributed by atoms with van der Waals surface area (Å²) < 4.78 is 13.8. The van der Waals surface area contributed by atoms with Crippen LogP contribution < -0.4 is 0 Å². The summed E-state index contributed by atoms with van der Waals surface area (Å²) >= 11 is 6.02. The predicted octanol–water partition coefficient (Wildman–Crippen LogP) is 5.11. The van der Waals surface area contributed by atoms with Crippen molar-refractivity contribution in [1.82, 2.24) is 0 Å². The topological polar surface area (TPSA) is 17.1 Å². The molecule has 0 atom stereocenters. The third kappa shape index (κ3) is 2.08. The Hall–Kier alpha value is -2.19. The molecule has 0 saturated heterocycles. The molecule has 3 aromatic carbocycles. The largest absolute Gasteiger partial charge is 0.298 e. The number of carbonyl (C=O) groups is 1. The molecule has 0 spiro atoms. The van der Waals surface area contributed by atoms with Gasteiger partial charge in [0, 0.05) is 16.0 Å². The monoisotopic (exact) mass is 284 g/mol. The molecule has 0 bridgehead atoms. The average Bonchev–Trinajstić information content (AvgIpc) is 2.48. The van der Waals surface area contributed by atoms with Crippen LogP contribution in [0.2, 0.25) is 5.02 Å². The lowest BCUT2D eigenvalue weighted by Gasteiger charge is -2.10. The molecular weight excluding hydrogens is 275 g/mol. The molecule has 3 aromatic rings. The average molecular weight is 285 g/mol. The van der Waals surface area contributed by atoms with Crippen LogP contribution in [0, 0.1) is 5.82 Å². The molecule has 3 heteroatoms. The minimum atomic E-state index is -0.279. The summed E-state index contributed by atoms with van der Waals surface area (Å²) in [6.45, 7) is 0. The van der Waals surface area contributed by atoms with Gasteiger partial charge in [0.25, 0.3) is 0 Å². The minimum Gasteiger partial charge on any atom is -0.298 e. The first kappa shape index (κ1) is 12.8. The Labute approximate surface area is 120 Å². The Bertz CT molecular complexity index is 811. The summed E-state index contributed by atoms with van der Waals surface area (Å²) in [7, 11) is 0. The fraction of sp³-hybridized carbons (Fsp3) is 0. The molecule has 0 fully saturated rings. The summed E-state index contributed by atoms with van der Waals surface area (Å²) in [5.41, 5.74) is 2.04. The Morgan fingerprint density at radius 3 is 2.40 bits per heavy atom. The van der Waals surface area contributed by atoms with Crippen LogP contribution in [0.1, 0.15) is 10.4 Å². The van der Waals surface area contributed by atoms with Gasteiger partial charge >= 0.3 is 0 Å². The molecule has 0 aliphatic rings. The van der Waals surface area contributed by atoms with Gasteiger partial charge in [-0.05, 0) is 40.8 Å². The first-order valence-electron chi connectivity index (χ1n) is 6.13. The van der Waals surface area contributed by atoms with E-state index in [-0.39, 0.29) is 5.82 Å². The van der Waals surface area contributed by atoms with E-state index in [0.717, 1.165) is 17.2 Å². The number of halogens is 2. The van der Waals surface area contributed by atoms with Crippen LogP contribution in [0.3, 0.4) is 0 Å². The highest BCUT2D eigenvalue weighted by Crippen LogP contribution is 2.33. The van der Waals surface area contributed by atoms with Crippen molar-refractivity contribution >= 4 is 28.7 Å². The molecule has 1 nitrogen and oxygen atoms in total. The van der Waals surface area contributed by atoms with Gasteiger partial charge in [-0.3, -0.25) is 4.79 Å². The smallest absolute Gasteiger partial charge is 0.150 e. The third-order valence-corrected chi connectivity index (χ3v) is 3.54. The molecule has 0 aliphatic heterocycles. The van der Waals surface area contributed by atoms with E-state index in [1.807, 2.05) is 12.1 Å². The summed E-state index contributed by atoms with van der Waals surface area (Å²) in [4.78, 5) is 11.2. The van der Waals surface area contributed by atoms with E-state index in [2.05, 4.69) is 0 Å². The highest BCUT2D eigenvalue weighted by atomic mass is 35.5.